The van der Waals surface area contributed by atoms with Crippen molar-refractivity contribution in [2.24, 2.45) is 5.41 Å². The van der Waals surface area contributed by atoms with Gasteiger partial charge in [0.05, 0.1) is 0 Å². The van der Waals surface area contributed by atoms with Crippen LogP contribution in [0.15, 0.2) is 24.3 Å². The fraction of sp³-hybridized carbons (Fsp3) is 0.500. The molecular weight excluding hydrogens is 288 g/mol. The number of nitrogens with one attached hydrogen (secondary N) is 1. The Kier molecular flexibility index (Phi) is 5.78. The number of carbonyl (C=O) groups excluding carboxylic acids is 2. The number of carbonyl (C=O) groups is 2. The lowest BCUT2D eigenvalue weighted by molar-refractivity contribution is -0.137. The van der Waals surface area contributed by atoms with Gasteiger partial charge in [0.25, 0.3) is 0 Å². The van der Waals surface area contributed by atoms with E-state index in [4.69, 9.17) is 11.6 Å². The molecule has 0 bridgehead atoms. The monoisotopic (exact) mass is 310 g/mol. The fourth-order valence-electron chi connectivity index (χ4n) is 1.75. The molecule has 5 heteroatoms. The zero-order valence-corrected chi connectivity index (χ0v) is 14.0. The van der Waals surface area contributed by atoms with E-state index in [0.29, 0.717) is 11.6 Å². The first-order valence-corrected chi connectivity index (χ1v) is 7.29. The molecule has 1 N–H and O–H groups in total. The normalized spacial score (nSPS) is 12.7. The van der Waals surface area contributed by atoms with Crippen molar-refractivity contribution in [3.63, 3.8) is 0 Å². The van der Waals surface area contributed by atoms with Crippen molar-refractivity contribution in [1.82, 2.24) is 10.2 Å². The molecule has 1 unspecified atom stereocenters. The van der Waals surface area contributed by atoms with E-state index in [1.807, 2.05) is 32.9 Å². The van der Waals surface area contributed by atoms with E-state index in [0.717, 1.165) is 5.56 Å². The van der Waals surface area contributed by atoms with Gasteiger partial charge in [-0.05, 0) is 24.6 Å². The minimum Gasteiger partial charge on any atom is -0.344 e. The molecule has 0 saturated carbocycles. The lowest BCUT2D eigenvalue weighted by Crippen LogP contribution is -2.48. The summed E-state index contributed by atoms with van der Waals surface area (Å²) in [5.41, 5.74) is 0.480. The molecule has 0 saturated heterocycles. The fourth-order valence-corrected chi connectivity index (χ4v) is 1.87. The second-order valence-corrected chi connectivity index (χ2v) is 6.70. The van der Waals surface area contributed by atoms with Crippen LogP contribution in [0.5, 0.6) is 0 Å². The Morgan fingerprint density at radius 1 is 1.24 bits per heavy atom. The Morgan fingerprint density at radius 3 is 2.24 bits per heavy atom. The van der Waals surface area contributed by atoms with Crippen molar-refractivity contribution in [2.45, 2.75) is 40.3 Å². The second kappa shape index (κ2) is 6.94. The zero-order chi connectivity index (χ0) is 16.2. The highest BCUT2D eigenvalue weighted by atomic mass is 35.5. The SMILES string of the molecule is CC(NC(=O)C(C)(C)C)C(=O)N(C)Cc1ccc(Cl)cc1. The molecule has 0 spiro atoms. The molecule has 4 nitrogen and oxygen atoms in total. The number of benzene rings is 1. The summed E-state index contributed by atoms with van der Waals surface area (Å²) in [6.07, 6.45) is 0. The van der Waals surface area contributed by atoms with Gasteiger partial charge in [0.1, 0.15) is 6.04 Å². The van der Waals surface area contributed by atoms with E-state index >= 15 is 0 Å². The molecule has 0 radical (unpaired) electrons. The highest BCUT2D eigenvalue weighted by Gasteiger charge is 2.26. The van der Waals surface area contributed by atoms with E-state index in [-0.39, 0.29) is 11.8 Å². The van der Waals surface area contributed by atoms with Crippen molar-refractivity contribution in [3.8, 4) is 0 Å². The molecule has 116 valence electrons. The van der Waals surface area contributed by atoms with Crippen LogP contribution in [0.3, 0.4) is 0 Å². The van der Waals surface area contributed by atoms with E-state index in [9.17, 15) is 9.59 Å². The first-order chi connectivity index (χ1) is 9.61. The third kappa shape index (κ3) is 5.38. The molecule has 1 rings (SSSR count). The van der Waals surface area contributed by atoms with Crippen LogP contribution in [-0.2, 0) is 16.1 Å². The van der Waals surface area contributed by atoms with Crippen molar-refractivity contribution < 1.29 is 9.59 Å². The molecule has 0 fully saturated rings. The molecule has 1 atom stereocenters. The van der Waals surface area contributed by atoms with Gasteiger partial charge in [-0.15, -0.1) is 0 Å². The number of halogens is 1. The molecule has 1 aromatic carbocycles. The summed E-state index contributed by atoms with van der Waals surface area (Å²) in [7, 11) is 1.72. The number of nitrogens with zero attached hydrogens (tertiary/aromatic N) is 1. The zero-order valence-electron chi connectivity index (χ0n) is 13.2. The predicted molar refractivity (Wildman–Crippen MR) is 85.0 cm³/mol. The number of hydrogen-bond donors (Lipinski definition) is 1. The summed E-state index contributed by atoms with van der Waals surface area (Å²) in [4.78, 5) is 25.8. The summed E-state index contributed by atoms with van der Waals surface area (Å²) in [6, 6.07) is 6.80. The Morgan fingerprint density at radius 2 is 1.76 bits per heavy atom. The average Bonchev–Trinajstić information content (AvgIpc) is 2.39. The highest BCUT2D eigenvalue weighted by Crippen LogP contribution is 2.14. The maximum Gasteiger partial charge on any atom is 0.244 e. The topological polar surface area (TPSA) is 49.4 Å². The maximum absolute atomic E-state index is 12.3. The highest BCUT2D eigenvalue weighted by molar-refractivity contribution is 6.30. The Balaban J connectivity index is 2.61. The molecule has 0 aliphatic carbocycles. The summed E-state index contributed by atoms with van der Waals surface area (Å²) in [5, 5.41) is 3.41. The van der Waals surface area contributed by atoms with Crippen LogP contribution >= 0.6 is 11.6 Å². The number of likely N-dealkylation sites (N-methyl/N-ethyl adjacent to an activating group) is 1. The first kappa shape index (κ1) is 17.5. The quantitative estimate of drug-likeness (QED) is 0.929. The van der Waals surface area contributed by atoms with Gasteiger partial charge >= 0.3 is 0 Å². The van der Waals surface area contributed by atoms with Gasteiger partial charge in [-0.3, -0.25) is 9.59 Å². The van der Waals surface area contributed by atoms with Gasteiger partial charge in [0, 0.05) is 24.0 Å². The summed E-state index contributed by atoms with van der Waals surface area (Å²) < 4.78 is 0. The van der Waals surface area contributed by atoms with Gasteiger partial charge in [-0.2, -0.15) is 0 Å². The van der Waals surface area contributed by atoms with Crippen molar-refractivity contribution in [1.29, 1.82) is 0 Å². The smallest absolute Gasteiger partial charge is 0.244 e. The summed E-state index contributed by atoms with van der Waals surface area (Å²) >= 11 is 5.83. The molecule has 0 aliphatic heterocycles. The number of hydrogen-bond acceptors (Lipinski definition) is 2. The largest absolute Gasteiger partial charge is 0.344 e. The lowest BCUT2D eigenvalue weighted by Gasteiger charge is -2.25. The van der Waals surface area contributed by atoms with Gasteiger partial charge in [0.15, 0.2) is 0 Å². The first-order valence-electron chi connectivity index (χ1n) is 6.91. The van der Waals surface area contributed by atoms with Gasteiger partial charge in [-0.25, -0.2) is 0 Å². The van der Waals surface area contributed by atoms with Crippen LogP contribution in [0.4, 0.5) is 0 Å². The Bertz CT molecular complexity index is 506. The summed E-state index contributed by atoms with van der Waals surface area (Å²) in [6.45, 7) is 7.63. The van der Waals surface area contributed by atoms with E-state index in [1.165, 1.54) is 0 Å². The molecule has 0 aliphatic rings. The van der Waals surface area contributed by atoms with Crippen molar-refractivity contribution in [3.05, 3.63) is 34.9 Å². The molecule has 2 amide bonds. The van der Waals surface area contributed by atoms with Crippen LogP contribution in [0.1, 0.15) is 33.3 Å². The van der Waals surface area contributed by atoms with E-state index in [1.54, 1.807) is 31.0 Å². The third-order valence-corrected chi connectivity index (χ3v) is 3.36. The van der Waals surface area contributed by atoms with Crippen LogP contribution in [-0.4, -0.2) is 29.8 Å². The van der Waals surface area contributed by atoms with Crippen molar-refractivity contribution >= 4 is 23.4 Å². The molecular formula is C16H23ClN2O2. The molecule has 1 aromatic rings. The minimum atomic E-state index is -0.547. The van der Waals surface area contributed by atoms with Crippen LogP contribution in [0.25, 0.3) is 0 Å². The van der Waals surface area contributed by atoms with E-state index < -0.39 is 11.5 Å². The maximum atomic E-state index is 12.3. The van der Waals surface area contributed by atoms with E-state index in [2.05, 4.69) is 5.32 Å². The average molecular weight is 311 g/mol. The molecule has 0 heterocycles. The predicted octanol–water partition coefficient (Wildman–Crippen LogP) is 2.85. The standard InChI is InChI=1S/C16H23ClN2O2/c1-11(18-15(21)16(2,3)4)14(20)19(5)10-12-6-8-13(17)9-7-12/h6-9,11H,10H2,1-5H3,(H,18,21). The van der Waals surface area contributed by atoms with Crippen molar-refractivity contribution in [2.75, 3.05) is 7.05 Å². The van der Waals surface area contributed by atoms with Crippen LogP contribution in [0.2, 0.25) is 5.02 Å². The van der Waals surface area contributed by atoms with Crippen LogP contribution < -0.4 is 5.32 Å². The van der Waals surface area contributed by atoms with Gasteiger partial charge in [0.2, 0.25) is 11.8 Å². The van der Waals surface area contributed by atoms with Gasteiger partial charge in [-0.1, -0.05) is 44.5 Å². The third-order valence-electron chi connectivity index (χ3n) is 3.11. The molecule has 21 heavy (non-hydrogen) atoms. The minimum absolute atomic E-state index is 0.123. The Hall–Kier alpha value is -1.55. The van der Waals surface area contributed by atoms with Gasteiger partial charge < -0.3 is 10.2 Å². The summed E-state index contributed by atoms with van der Waals surface area (Å²) in [5.74, 6) is -0.259. The lowest BCUT2D eigenvalue weighted by atomic mass is 9.95. The number of rotatable bonds is 4. The van der Waals surface area contributed by atoms with Crippen LogP contribution in [0, 0.1) is 5.41 Å². The second-order valence-electron chi connectivity index (χ2n) is 6.27. The Labute approximate surface area is 131 Å². The molecule has 0 aromatic heterocycles. The number of amides is 2.